The first-order valence-electron chi connectivity index (χ1n) is 10.00. The Labute approximate surface area is 189 Å². The Hall–Kier alpha value is -2.81. The number of aryl methyl sites for hydroxylation is 1. The van der Waals surface area contributed by atoms with E-state index in [2.05, 4.69) is 10.3 Å². The molecule has 2 aromatic heterocycles. The molecule has 1 saturated heterocycles. The zero-order valence-corrected chi connectivity index (χ0v) is 19.0. The highest BCUT2D eigenvalue weighted by Crippen LogP contribution is 2.40. The third-order valence-electron chi connectivity index (χ3n) is 4.97. The van der Waals surface area contributed by atoms with Crippen molar-refractivity contribution in [2.24, 2.45) is 0 Å². The number of hydrogen-bond donors (Lipinski definition) is 1. The molecular weight excluding hydrogens is 430 g/mol. The molecule has 0 saturated carbocycles. The molecule has 0 spiro atoms. The smallest absolute Gasteiger partial charge is 0.257 e. The minimum Gasteiger partial charge on any atom is -0.378 e. The Kier molecular flexibility index (Phi) is 6.60. The minimum absolute atomic E-state index is 0.0753. The predicted octanol–water partition coefficient (Wildman–Crippen LogP) is 4.61. The molecule has 8 heteroatoms. The van der Waals surface area contributed by atoms with Gasteiger partial charge in [-0.05, 0) is 31.1 Å². The molecule has 2 amide bonds. The van der Waals surface area contributed by atoms with Gasteiger partial charge in [0.25, 0.3) is 5.91 Å². The van der Waals surface area contributed by atoms with E-state index in [1.165, 1.54) is 28.7 Å². The summed E-state index contributed by atoms with van der Waals surface area (Å²) in [5.74, 6) is -0.365. The summed E-state index contributed by atoms with van der Waals surface area (Å²) >= 11 is 2.96. The van der Waals surface area contributed by atoms with Gasteiger partial charge >= 0.3 is 0 Å². The molecule has 0 radical (unpaired) electrons. The first kappa shape index (κ1) is 21.4. The van der Waals surface area contributed by atoms with Crippen LogP contribution in [-0.4, -0.2) is 48.0 Å². The molecule has 0 unspecified atom stereocenters. The number of ether oxygens (including phenoxy) is 1. The van der Waals surface area contributed by atoms with Gasteiger partial charge in [-0.2, -0.15) is 0 Å². The van der Waals surface area contributed by atoms with Gasteiger partial charge in [-0.25, -0.2) is 4.98 Å². The molecular formula is C23H23N3O3S2. The number of nitrogens with one attached hydrogen (secondary N) is 1. The third-order valence-corrected chi connectivity index (χ3v) is 7.02. The second-order valence-electron chi connectivity index (χ2n) is 7.14. The van der Waals surface area contributed by atoms with Crippen LogP contribution in [0.3, 0.4) is 0 Å². The van der Waals surface area contributed by atoms with Gasteiger partial charge in [-0.3, -0.25) is 9.59 Å². The van der Waals surface area contributed by atoms with Gasteiger partial charge in [0.15, 0.2) is 0 Å². The molecule has 6 nitrogen and oxygen atoms in total. The predicted molar refractivity (Wildman–Crippen MR) is 126 cm³/mol. The van der Waals surface area contributed by atoms with Crippen molar-refractivity contribution >= 4 is 45.6 Å². The largest absolute Gasteiger partial charge is 0.378 e. The van der Waals surface area contributed by atoms with Crippen LogP contribution in [0.4, 0.5) is 5.00 Å². The first-order valence-corrected chi connectivity index (χ1v) is 11.7. The van der Waals surface area contributed by atoms with Crippen molar-refractivity contribution in [1.29, 1.82) is 0 Å². The second kappa shape index (κ2) is 9.55. The number of carbonyl (C=O) groups excluding carboxylic acids is 2. The average molecular weight is 454 g/mol. The quantitative estimate of drug-likeness (QED) is 0.573. The van der Waals surface area contributed by atoms with Crippen LogP contribution < -0.4 is 5.32 Å². The molecule has 0 bridgehead atoms. The summed E-state index contributed by atoms with van der Waals surface area (Å²) in [6.45, 7) is 6.01. The summed E-state index contributed by atoms with van der Waals surface area (Å²) in [6, 6.07) is 9.92. The number of hydrogen-bond acceptors (Lipinski definition) is 6. The zero-order chi connectivity index (χ0) is 21.8. The molecule has 160 valence electrons. The lowest BCUT2D eigenvalue weighted by Gasteiger charge is -2.27. The van der Waals surface area contributed by atoms with Crippen LogP contribution in [0.1, 0.15) is 26.6 Å². The van der Waals surface area contributed by atoms with Crippen molar-refractivity contribution in [2.45, 2.75) is 13.8 Å². The second-order valence-corrected chi connectivity index (χ2v) is 9.23. The van der Waals surface area contributed by atoms with Crippen LogP contribution in [0.25, 0.3) is 16.5 Å². The summed E-state index contributed by atoms with van der Waals surface area (Å²) in [7, 11) is 0. The highest BCUT2D eigenvalue weighted by Gasteiger charge is 2.27. The van der Waals surface area contributed by atoms with E-state index in [0.717, 1.165) is 26.7 Å². The summed E-state index contributed by atoms with van der Waals surface area (Å²) in [4.78, 5) is 33.1. The molecule has 1 fully saturated rings. The number of nitrogens with zero attached hydrogens (tertiary/aromatic N) is 2. The number of benzene rings is 1. The van der Waals surface area contributed by atoms with E-state index in [1.54, 1.807) is 11.0 Å². The van der Waals surface area contributed by atoms with Crippen molar-refractivity contribution < 1.29 is 14.3 Å². The van der Waals surface area contributed by atoms with Crippen molar-refractivity contribution in [3.63, 3.8) is 0 Å². The molecule has 3 aromatic rings. The van der Waals surface area contributed by atoms with E-state index >= 15 is 0 Å². The number of carbonyl (C=O) groups is 2. The number of rotatable bonds is 5. The van der Waals surface area contributed by atoms with E-state index in [9.17, 15) is 9.59 Å². The van der Waals surface area contributed by atoms with Crippen molar-refractivity contribution in [3.05, 3.63) is 63.6 Å². The Morgan fingerprint density at radius 2 is 1.90 bits per heavy atom. The fourth-order valence-corrected chi connectivity index (χ4v) is 5.21. The van der Waals surface area contributed by atoms with E-state index in [0.29, 0.717) is 36.9 Å². The average Bonchev–Trinajstić information content (AvgIpc) is 3.35. The van der Waals surface area contributed by atoms with E-state index in [-0.39, 0.29) is 11.8 Å². The minimum atomic E-state index is -0.289. The van der Waals surface area contributed by atoms with Crippen LogP contribution in [0.5, 0.6) is 0 Å². The van der Waals surface area contributed by atoms with Gasteiger partial charge in [0.1, 0.15) is 5.00 Å². The van der Waals surface area contributed by atoms with Gasteiger partial charge in [0.2, 0.25) is 5.91 Å². The normalized spacial score (nSPS) is 14.2. The topological polar surface area (TPSA) is 71.5 Å². The van der Waals surface area contributed by atoms with Crippen LogP contribution in [0.15, 0.2) is 41.8 Å². The lowest BCUT2D eigenvalue weighted by Crippen LogP contribution is -2.41. The number of thiazole rings is 1. The Bertz CT molecular complexity index is 1110. The summed E-state index contributed by atoms with van der Waals surface area (Å²) in [6.07, 6.45) is 3.13. The monoisotopic (exact) mass is 453 g/mol. The molecule has 4 rings (SSSR count). The molecule has 0 atom stereocenters. The maximum atomic E-state index is 13.3. The van der Waals surface area contributed by atoms with Gasteiger partial charge < -0.3 is 15.0 Å². The fraction of sp³-hybridized carbons (Fsp3) is 0.261. The molecule has 1 aliphatic heterocycles. The zero-order valence-electron chi connectivity index (χ0n) is 17.4. The first-order chi connectivity index (χ1) is 15.0. The number of thiophene rings is 1. The third kappa shape index (κ3) is 4.92. The van der Waals surface area contributed by atoms with E-state index in [1.807, 2.05) is 49.6 Å². The van der Waals surface area contributed by atoms with Crippen LogP contribution >= 0.6 is 22.7 Å². The van der Waals surface area contributed by atoms with Crippen LogP contribution in [-0.2, 0) is 9.53 Å². The van der Waals surface area contributed by atoms with E-state index in [4.69, 9.17) is 4.74 Å². The number of aromatic nitrogens is 1. The molecule has 31 heavy (non-hydrogen) atoms. The summed E-state index contributed by atoms with van der Waals surface area (Å²) < 4.78 is 5.39. The van der Waals surface area contributed by atoms with Crippen molar-refractivity contribution in [1.82, 2.24) is 9.88 Å². The lowest BCUT2D eigenvalue weighted by atomic mass is 10.1. The summed E-state index contributed by atoms with van der Waals surface area (Å²) in [5, 5.41) is 6.34. The maximum absolute atomic E-state index is 13.3. The molecule has 1 aromatic carbocycles. The maximum Gasteiger partial charge on any atom is 0.257 e. The molecule has 1 aliphatic rings. The summed E-state index contributed by atoms with van der Waals surface area (Å²) in [5.41, 5.74) is 3.20. The fourth-order valence-electron chi connectivity index (χ4n) is 3.42. The number of morpholine rings is 1. The number of amides is 2. The Balaban J connectivity index is 1.65. The highest BCUT2D eigenvalue weighted by molar-refractivity contribution is 7.20. The van der Waals surface area contributed by atoms with E-state index < -0.39 is 0 Å². The molecule has 1 N–H and O–H groups in total. The van der Waals surface area contributed by atoms with Gasteiger partial charge in [0, 0.05) is 29.4 Å². The standard InChI is InChI=1S/C23H23N3O3S2/c1-15-20(23(28)26-10-12-29-13-11-26)22(31-21(15)17-6-4-3-5-7-17)25-19(27)9-8-18-14-30-16(2)24-18/h3-9,14H,10-13H2,1-2H3,(H,25,27)/b9-8+. The van der Waals surface area contributed by atoms with Crippen LogP contribution in [0, 0.1) is 13.8 Å². The van der Waals surface area contributed by atoms with Gasteiger partial charge in [0.05, 0.1) is 29.5 Å². The Morgan fingerprint density at radius 3 is 2.58 bits per heavy atom. The highest BCUT2D eigenvalue weighted by atomic mass is 32.1. The molecule has 0 aliphatic carbocycles. The van der Waals surface area contributed by atoms with Crippen LogP contribution in [0.2, 0.25) is 0 Å². The van der Waals surface area contributed by atoms with Crippen molar-refractivity contribution in [2.75, 3.05) is 31.6 Å². The molecule has 3 heterocycles. The lowest BCUT2D eigenvalue weighted by molar-refractivity contribution is -0.111. The number of anilines is 1. The Morgan fingerprint density at radius 1 is 1.16 bits per heavy atom. The van der Waals surface area contributed by atoms with Gasteiger partial charge in [-0.15, -0.1) is 22.7 Å². The van der Waals surface area contributed by atoms with Crippen molar-refractivity contribution in [3.8, 4) is 10.4 Å². The van der Waals surface area contributed by atoms with Gasteiger partial charge in [-0.1, -0.05) is 30.3 Å². The SMILES string of the molecule is Cc1nc(/C=C/C(=O)Nc2sc(-c3ccccc3)c(C)c2C(=O)N2CCOCC2)cs1.